The summed E-state index contributed by atoms with van der Waals surface area (Å²) >= 11 is 0. The van der Waals surface area contributed by atoms with E-state index in [0.717, 1.165) is 50.3 Å². The summed E-state index contributed by atoms with van der Waals surface area (Å²) in [5.74, 6) is 2.80. The van der Waals surface area contributed by atoms with Crippen molar-refractivity contribution in [1.82, 2.24) is 14.9 Å². The van der Waals surface area contributed by atoms with Gasteiger partial charge in [-0.25, -0.2) is 9.97 Å². The summed E-state index contributed by atoms with van der Waals surface area (Å²) < 4.78 is 5.84. The predicted octanol–water partition coefficient (Wildman–Crippen LogP) is 5.04. The Bertz CT molecular complexity index is 952. The Balaban J connectivity index is 1.46. The maximum atomic E-state index is 13.4. The molecule has 2 aromatic heterocycles. The van der Waals surface area contributed by atoms with Gasteiger partial charge in [0.25, 0.3) is 0 Å². The first-order chi connectivity index (χ1) is 16.5. The molecule has 1 saturated carbocycles. The standard InChI is InChI=1S/C27H39N5O2/c1-5-31(6-2)13-14-34-22-11-12-25(29-18-22)30-26-16-24-20(17-28-26)15-23(19(3)4)27(33)32(24)21-9-7-8-10-21/h11-12,16-19,21,23H,5-10,13-15H2,1-4H3,(H,28,29,30). The van der Waals surface area contributed by atoms with E-state index in [2.05, 4.69) is 52.8 Å². The zero-order chi connectivity index (χ0) is 24.1. The minimum atomic E-state index is 0.0321. The first-order valence-electron chi connectivity index (χ1n) is 12.9. The summed E-state index contributed by atoms with van der Waals surface area (Å²) in [5.41, 5.74) is 2.18. The van der Waals surface area contributed by atoms with E-state index < -0.39 is 0 Å². The highest BCUT2D eigenvalue weighted by molar-refractivity contribution is 5.99. The van der Waals surface area contributed by atoms with Crippen LogP contribution >= 0.6 is 0 Å². The average Bonchev–Trinajstić information content (AvgIpc) is 3.37. The first kappa shape index (κ1) is 24.5. The number of ether oxygens (including phenoxy) is 1. The van der Waals surface area contributed by atoms with E-state index >= 15 is 0 Å². The van der Waals surface area contributed by atoms with Crippen LogP contribution in [0.2, 0.25) is 0 Å². The van der Waals surface area contributed by atoms with Crippen LogP contribution in [0.15, 0.2) is 30.6 Å². The largest absolute Gasteiger partial charge is 0.491 e. The van der Waals surface area contributed by atoms with Gasteiger partial charge in [0, 0.05) is 30.8 Å². The normalized spacial score (nSPS) is 18.6. The molecule has 0 saturated heterocycles. The number of anilines is 3. The Morgan fingerprint density at radius 3 is 2.50 bits per heavy atom. The minimum absolute atomic E-state index is 0.0321. The smallest absolute Gasteiger partial charge is 0.230 e. The molecule has 0 spiro atoms. The summed E-state index contributed by atoms with van der Waals surface area (Å²) in [4.78, 5) is 27.0. The maximum absolute atomic E-state index is 13.4. The van der Waals surface area contributed by atoms with Crippen LogP contribution in [0.4, 0.5) is 17.3 Å². The zero-order valence-corrected chi connectivity index (χ0v) is 21.1. The molecule has 2 aromatic rings. The van der Waals surface area contributed by atoms with E-state index in [4.69, 9.17) is 4.74 Å². The van der Waals surface area contributed by atoms with Gasteiger partial charge in [-0.1, -0.05) is 40.5 Å². The van der Waals surface area contributed by atoms with E-state index in [-0.39, 0.29) is 11.8 Å². The molecule has 0 aromatic carbocycles. The minimum Gasteiger partial charge on any atom is -0.491 e. The molecule has 184 valence electrons. The van der Waals surface area contributed by atoms with Gasteiger partial charge in [-0.15, -0.1) is 0 Å². The number of nitrogens with one attached hydrogen (secondary N) is 1. The average molecular weight is 466 g/mol. The van der Waals surface area contributed by atoms with Gasteiger partial charge in [-0.3, -0.25) is 4.79 Å². The topological polar surface area (TPSA) is 70.6 Å². The number of rotatable bonds is 10. The predicted molar refractivity (Wildman–Crippen MR) is 137 cm³/mol. The molecule has 1 N–H and O–H groups in total. The van der Waals surface area contributed by atoms with Crippen LogP contribution in [-0.2, 0) is 11.2 Å². The van der Waals surface area contributed by atoms with Crippen molar-refractivity contribution in [3.8, 4) is 5.75 Å². The third kappa shape index (κ3) is 5.52. The van der Waals surface area contributed by atoms with Crippen molar-refractivity contribution >= 4 is 23.2 Å². The van der Waals surface area contributed by atoms with Gasteiger partial charge in [0.05, 0.1) is 11.9 Å². The number of nitrogens with zero attached hydrogens (tertiary/aromatic N) is 4. The zero-order valence-electron chi connectivity index (χ0n) is 21.1. The highest BCUT2D eigenvalue weighted by Crippen LogP contribution is 2.39. The fourth-order valence-corrected chi connectivity index (χ4v) is 5.11. The molecule has 1 fully saturated rings. The summed E-state index contributed by atoms with van der Waals surface area (Å²) in [5, 5.41) is 3.31. The van der Waals surface area contributed by atoms with Crippen LogP contribution in [0.5, 0.6) is 5.75 Å². The molecule has 1 atom stereocenters. The molecular weight excluding hydrogens is 426 g/mol. The Labute approximate surface area is 203 Å². The number of hydrogen-bond donors (Lipinski definition) is 1. The van der Waals surface area contributed by atoms with Gasteiger partial charge >= 0.3 is 0 Å². The van der Waals surface area contributed by atoms with Crippen LogP contribution in [0, 0.1) is 11.8 Å². The molecule has 1 aliphatic carbocycles. The fraction of sp³-hybridized carbons (Fsp3) is 0.593. The van der Waals surface area contributed by atoms with Gasteiger partial charge in [-0.05, 0) is 56.0 Å². The maximum Gasteiger partial charge on any atom is 0.230 e. The molecule has 1 unspecified atom stereocenters. The van der Waals surface area contributed by atoms with E-state index in [9.17, 15) is 4.79 Å². The van der Waals surface area contributed by atoms with Crippen molar-refractivity contribution in [2.24, 2.45) is 11.8 Å². The molecule has 1 aliphatic heterocycles. The second-order valence-corrected chi connectivity index (χ2v) is 9.78. The SMILES string of the molecule is CCN(CC)CCOc1ccc(Nc2cc3c(cn2)CC(C(C)C)C(=O)N3C2CCCC2)nc1. The lowest BCUT2D eigenvalue weighted by Crippen LogP contribution is -2.48. The number of pyridine rings is 2. The highest BCUT2D eigenvalue weighted by Gasteiger charge is 2.39. The van der Waals surface area contributed by atoms with Crippen LogP contribution < -0.4 is 15.0 Å². The summed E-state index contributed by atoms with van der Waals surface area (Å²) in [6, 6.07) is 6.16. The molecule has 4 rings (SSSR count). The molecule has 3 heterocycles. The number of carbonyl (C=O) groups is 1. The van der Waals surface area contributed by atoms with Crippen molar-refractivity contribution in [3.63, 3.8) is 0 Å². The van der Waals surface area contributed by atoms with Gasteiger partial charge in [0.1, 0.15) is 24.0 Å². The van der Waals surface area contributed by atoms with E-state index in [0.29, 0.717) is 30.2 Å². The van der Waals surface area contributed by atoms with Crippen molar-refractivity contribution in [3.05, 3.63) is 36.2 Å². The molecule has 2 aliphatic rings. The molecule has 0 radical (unpaired) electrons. The number of likely N-dealkylation sites (N-methyl/N-ethyl adjacent to an activating group) is 1. The third-order valence-electron chi connectivity index (χ3n) is 7.27. The van der Waals surface area contributed by atoms with Gasteiger partial charge in [0.2, 0.25) is 5.91 Å². The van der Waals surface area contributed by atoms with Gasteiger partial charge in [-0.2, -0.15) is 0 Å². The summed E-state index contributed by atoms with van der Waals surface area (Å²) in [6.07, 6.45) is 8.99. The molecule has 0 bridgehead atoms. The Morgan fingerprint density at radius 2 is 1.85 bits per heavy atom. The number of carbonyl (C=O) groups excluding carboxylic acids is 1. The Hall–Kier alpha value is -2.67. The molecule has 7 nitrogen and oxygen atoms in total. The van der Waals surface area contributed by atoms with Crippen LogP contribution in [0.1, 0.15) is 58.9 Å². The number of amides is 1. The number of fused-ring (bicyclic) bond motifs is 1. The fourth-order valence-electron chi connectivity index (χ4n) is 5.11. The van der Waals surface area contributed by atoms with Gasteiger partial charge in [0.15, 0.2) is 0 Å². The second-order valence-electron chi connectivity index (χ2n) is 9.78. The second kappa shape index (κ2) is 11.2. The highest BCUT2D eigenvalue weighted by atomic mass is 16.5. The van der Waals surface area contributed by atoms with Crippen molar-refractivity contribution in [1.29, 1.82) is 0 Å². The lowest BCUT2D eigenvalue weighted by Gasteiger charge is -2.39. The van der Waals surface area contributed by atoms with E-state index in [1.807, 2.05) is 24.4 Å². The van der Waals surface area contributed by atoms with Crippen LogP contribution in [-0.4, -0.2) is 53.1 Å². The van der Waals surface area contributed by atoms with Crippen molar-refractivity contribution in [2.75, 3.05) is 36.5 Å². The van der Waals surface area contributed by atoms with E-state index in [1.165, 1.54) is 18.4 Å². The Morgan fingerprint density at radius 1 is 1.12 bits per heavy atom. The van der Waals surface area contributed by atoms with Crippen molar-refractivity contribution < 1.29 is 9.53 Å². The van der Waals surface area contributed by atoms with Crippen LogP contribution in [0.3, 0.4) is 0 Å². The summed E-state index contributed by atoms with van der Waals surface area (Å²) in [6.45, 7) is 12.2. The van der Waals surface area contributed by atoms with Gasteiger partial charge < -0.3 is 19.9 Å². The Kier molecular flexibility index (Phi) is 8.03. The lowest BCUT2D eigenvalue weighted by molar-refractivity contribution is -0.124. The summed E-state index contributed by atoms with van der Waals surface area (Å²) in [7, 11) is 0. The lowest BCUT2D eigenvalue weighted by atomic mass is 9.84. The molecule has 34 heavy (non-hydrogen) atoms. The van der Waals surface area contributed by atoms with Crippen molar-refractivity contribution in [2.45, 2.75) is 65.8 Å². The molecular formula is C27H39N5O2. The molecule has 1 amide bonds. The first-order valence-corrected chi connectivity index (χ1v) is 12.9. The molecule has 7 heteroatoms. The van der Waals surface area contributed by atoms with Crippen LogP contribution in [0.25, 0.3) is 0 Å². The monoisotopic (exact) mass is 465 g/mol. The number of hydrogen-bond acceptors (Lipinski definition) is 6. The number of aromatic nitrogens is 2. The quantitative estimate of drug-likeness (QED) is 0.530. The van der Waals surface area contributed by atoms with E-state index in [1.54, 1.807) is 6.20 Å². The third-order valence-corrected chi connectivity index (χ3v) is 7.27.